The van der Waals surface area contributed by atoms with Gasteiger partial charge in [0.1, 0.15) is 11.8 Å². The molecule has 0 spiro atoms. The number of benzene rings is 2. The second kappa shape index (κ2) is 10.7. The number of amides is 2. The molecule has 0 radical (unpaired) electrons. The quantitative estimate of drug-likeness (QED) is 0.619. The molecule has 0 fully saturated rings. The van der Waals surface area contributed by atoms with Gasteiger partial charge >= 0.3 is 0 Å². The van der Waals surface area contributed by atoms with E-state index in [1.165, 1.54) is 0 Å². The summed E-state index contributed by atoms with van der Waals surface area (Å²) in [6.07, 6.45) is 0.491. The first-order chi connectivity index (χ1) is 14.5. The normalized spacial score (nSPS) is 12.2. The van der Waals surface area contributed by atoms with Gasteiger partial charge in [-0.3, -0.25) is 9.59 Å². The number of hydrogen-bond acceptors (Lipinski definition) is 3. The van der Waals surface area contributed by atoms with Crippen molar-refractivity contribution in [1.82, 2.24) is 10.2 Å². The molecule has 5 nitrogen and oxygen atoms in total. The molecular formula is C25H33ClN2O3. The van der Waals surface area contributed by atoms with Gasteiger partial charge in [-0.15, -0.1) is 0 Å². The monoisotopic (exact) mass is 444 g/mol. The number of rotatable bonds is 8. The molecule has 0 heterocycles. The Kier molecular flexibility index (Phi) is 8.52. The molecule has 0 saturated heterocycles. The van der Waals surface area contributed by atoms with E-state index in [1.54, 1.807) is 17.0 Å². The van der Waals surface area contributed by atoms with Crippen LogP contribution < -0.4 is 10.1 Å². The summed E-state index contributed by atoms with van der Waals surface area (Å²) in [6, 6.07) is 12.4. The summed E-state index contributed by atoms with van der Waals surface area (Å²) in [5, 5.41) is 3.62. The van der Waals surface area contributed by atoms with E-state index in [9.17, 15) is 9.59 Å². The van der Waals surface area contributed by atoms with Crippen LogP contribution in [0.5, 0.6) is 5.75 Å². The van der Waals surface area contributed by atoms with Crippen molar-refractivity contribution in [3.05, 3.63) is 64.2 Å². The van der Waals surface area contributed by atoms with E-state index in [0.29, 0.717) is 23.7 Å². The summed E-state index contributed by atoms with van der Waals surface area (Å²) in [5.41, 5.74) is 2.76. The number of nitrogens with zero attached hydrogens (tertiary/aromatic N) is 1. The molecule has 0 bridgehead atoms. The third kappa shape index (κ3) is 7.59. The molecule has 0 aliphatic rings. The Hall–Kier alpha value is -2.53. The van der Waals surface area contributed by atoms with E-state index in [1.807, 2.05) is 71.9 Å². The minimum atomic E-state index is -0.606. The lowest BCUT2D eigenvalue weighted by molar-refractivity contribution is -0.143. The Bertz CT molecular complexity index is 904. The van der Waals surface area contributed by atoms with Crippen LogP contribution in [0.2, 0.25) is 5.02 Å². The standard InChI is InChI=1S/C25H33ClN2O3/c1-7-22(24(30)27-25(4,5)6)28(15-19-9-11-20(26)12-10-19)23(29)16-31-21-13-8-17(2)18(3)14-21/h8-14,22H,7,15-16H2,1-6H3,(H,27,30). The predicted molar refractivity (Wildman–Crippen MR) is 125 cm³/mol. The number of ether oxygens (including phenoxy) is 1. The lowest BCUT2D eigenvalue weighted by atomic mass is 10.1. The van der Waals surface area contributed by atoms with Crippen molar-refractivity contribution in [3.63, 3.8) is 0 Å². The van der Waals surface area contributed by atoms with Crippen LogP contribution in [-0.2, 0) is 16.1 Å². The van der Waals surface area contributed by atoms with Crippen molar-refractivity contribution in [3.8, 4) is 5.75 Å². The molecule has 0 saturated carbocycles. The van der Waals surface area contributed by atoms with E-state index >= 15 is 0 Å². The first kappa shape index (κ1) is 24.7. The van der Waals surface area contributed by atoms with Crippen molar-refractivity contribution in [2.75, 3.05) is 6.61 Å². The van der Waals surface area contributed by atoms with E-state index in [0.717, 1.165) is 16.7 Å². The number of carbonyl (C=O) groups excluding carboxylic acids is 2. The van der Waals surface area contributed by atoms with Crippen LogP contribution in [0.3, 0.4) is 0 Å². The van der Waals surface area contributed by atoms with Crippen molar-refractivity contribution < 1.29 is 14.3 Å². The number of hydrogen-bond donors (Lipinski definition) is 1. The van der Waals surface area contributed by atoms with Gasteiger partial charge in [-0.2, -0.15) is 0 Å². The minimum Gasteiger partial charge on any atom is -0.484 e. The Balaban J connectivity index is 2.23. The molecule has 2 amide bonds. The van der Waals surface area contributed by atoms with Gasteiger partial charge < -0.3 is 15.0 Å². The van der Waals surface area contributed by atoms with E-state index in [-0.39, 0.29) is 18.4 Å². The minimum absolute atomic E-state index is 0.143. The Morgan fingerprint density at radius 3 is 2.26 bits per heavy atom. The molecule has 2 aromatic rings. The van der Waals surface area contributed by atoms with Gasteiger partial charge in [0, 0.05) is 17.1 Å². The first-order valence-electron chi connectivity index (χ1n) is 10.6. The van der Waals surface area contributed by atoms with E-state index in [2.05, 4.69) is 5.32 Å². The van der Waals surface area contributed by atoms with Crippen molar-refractivity contribution >= 4 is 23.4 Å². The third-order valence-corrected chi connectivity index (χ3v) is 5.24. The highest BCUT2D eigenvalue weighted by molar-refractivity contribution is 6.30. The Morgan fingerprint density at radius 2 is 1.71 bits per heavy atom. The lowest BCUT2D eigenvalue weighted by Gasteiger charge is -2.33. The summed E-state index contributed by atoms with van der Waals surface area (Å²) >= 11 is 6.00. The zero-order valence-corrected chi connectivity index (χ0v) is 20.0. The predicted octanol–water partition coefficient (Wildman–Crippen LogP) is 5.06. The first-order valence-corrected chi connectivity index (χ1v) is 10.9. The highest BCUT2D eigenvalue weighted by Gasteiger charge is 2.30. The molecule has 0 aromatic heterocycles. The molecule has 1 N–H and O–H groups in total. The van der Waals surface area contributed by atoms with Crippen LogP contribution in [-0.4, -0.2) is 34.9 Å². The number of aryl methyl sites for hydroxylation is 2. The molecule has 1 atom stereocenters. The summed E-state index contributed by atoms with van der Waals surface area (Å²) in [5.74, 6) is 0.211. The fourth-order valence-corrected chi connectivity index (χ4v) is 3.32. The van der Waals surface area contributed by atoms with Gasteiger partial charge in [-0.1, -0.05) is 36.7 Å². The molecule has 2 aromatic carbocycles. The number of halogens is 1. The zero-order valence-electron chi connectivity index (χ0n) is 19.3. The topological polar surface area (TPSA) is 58.6 Å². The largest absolute Gasteiger partial charge is 0.484 e. The Morgan fingerprint density at radius 1 is 1.06 bits per heavy atom. The maximum absolute atomic E-state index is 13.2. The maximum Gasteiger partial charge on any atom is 0.261 e. The maximum atomic E-state index is 13.2. The van der Waals surface area contributed by atoms with Gasteiger partial charge in [0.05, 0.1) is 0 Å². The third-order valence-electron chi connectivity index (χ3n) is 4.99. The summed E-state index contributed by atoms with van der Waals surface area (Å²) in [6.45, 7) is 11.8. The van der Waals surface area contributed by atoms with Crippen LogP contribution in [0.1, 0.15) is 50.8 Å². The molecule has 2 rings (SSSR count). The molecule has 168 valence electrons. The van der Waals surface area contributed by atoms with Crippen LogP contribution in [0.4, 0.5) is 0 Å². The van der Waals surface area contributed by atoms with E-state index in [4.69, 9.17) is 16.3 Å². The SMILES string of the molecule is CCC(C(=O)NC(C)(C)C)N(Cc1ccc(Cl)cc1)C(=O)COc1ccc(C)c(C)c1. The van der Waals surface area contributed by atoms with Crippen LogP contribution in [0.15, 0.2) is 42.5 Å². The Labute approximate surface area is 190 Å². The molecule has 0 aliphatic heterocycles. The second-order valence-electron chi connectivity index (χ2n) is 8.85. The average molecular weight is 445 g/mol. The van der Waals surface area contributed by atoms with Gasteiger partial charge in [0.25, 0.3) is 5.91 Å². The van der Waals surface area contributed by atoms with Crippen molar-refractivity contribution in [2.45, 2.75) is 66.1 Å². The van der Waals surface area contributed by atoms with Crippen LogP contribution in [0, 0.1) is 13.8 Å². The number of carbonyl (C=O) groups is 2. The molecular weight excluding hydrogens is 412 g/mol. The fourth-order valence-electron chi connectivity index (χ4n) is 3.19. The zero-order chi connectivity index (χ0) is 23.2. The van der Waals surface area contributed by atoms with Crippen LogP contribution >= 0.6 is 11.6 Å². The molecule has 1 unspecified atom stereocenters. The van der Waals surface area contributed by atoms with Gasteiger partial charge in [-0.25, -0.2) is 0 Å². The summed E-state index contributed by atoms with van der Waals surface area (Å²) in [7, 11) is 0. The van der Waals surface area contributed by atoms with Gasteiger partial charge in [-0.05, 0) is 82.0 Å². The van der Waals surface area contributed by atoms with Gasteiger partial charge in [0.2, 0.25) is 5.91 Å². The molecule has 31 heavy (non-hydrogen) atoms. The highest BCUT2D eigenvalue weighted by Crippen LogP contribution is 2.19. The molecule has 0 aliphatic carbocycles. The molecule has 6 heteroatoms. The summed E-state index contributed by atoms with van der Waals surface area (Å²) in [4.78, 5) is 27.8. The average Bonchev–Trinajstić information content (AvgIpc) is 2.68. The summed E-state index contributed by atoms with van der Waals surface area (Å²) < 4.78 is 5.77. The fraction of sp³-hybridized carbons (Fsp3) is 0.440. The number of nitrogens with one attached hydrogen (secondary N) is 1. The van der Waals surface area contributed by atoms with E-state index < -0.39 is 11.6 Å². The smallest absolute Gasteiger partial charge is 0.261 e. The van der Waals surface area contributed by atoms with Crippen molar-refractivity contribution in [2.24, 2.45) is 0 Å². The second-order valence-corrected chi connectivity index (χ2v) is 9.28. The lowest BCUT2D eigenvalue weighted by Crippen LogP contribution is -2.54. The van der Waals surface area contributed by atoms with Crippen molar-refractivity contribution in [1.29, 1.82) is 0 Å². The van der Waals surface area contributed by atoms with Gasteiger partial charge in [0.15, 0.2) is 6.61 Å². The van der Waals surface area contributed by atoms with Crippen LogP contribution in [0.25, 0.3) is 0 Å². The highest BCUT2D eigenvalue weighted by atomic mass is 35.5.